The first-order valence-electron chi connectivity index (χ1n) is 7.92. The van der Waals surface area contributed by atoms with Gasteiger partial charge in [0, 0.05) is 36.6 Å². The predicted molar refractivity (Wildman–Crippen MR) is 89.9 cm³/mol. The number of nitrogens with one attached hydrogen (secondary N) is 2. The van der Waals surface area contributed by atoms with Crippen LogP contribution in [0.1, 0.15) is 6.42 Å². The highest BCUT2D eigenvalue weighted by molar-refractivity contribution is 5.79. The van der Waals surface area contributed by atoms with Crippen molar-refractivity contribution in [3.8, 4) is 17.0 Å². The van der Waals surface area contributed by atoms with E-state index in [4.69, 9.17) is 4.74 Å². The van der Waals surface area contributed by atoms with E-state index in [0.717, 1.165) is 48.5 Å². The molecule has 1 aliphatic rings. The molecule has 3 heterocycles. The molecule has 0 fully saturated rings. The van der Waals surface area contributed by atoms with Crippen molar-refractivity contribution in [3.05, 3.63) is 42.7 Å². The van der Waals surface area contributed by atoms with Gasteiger partial charge in [0.25, 0.3) is 0 Å². The molecule has 1 aliphatic heterocycles. The molecule has 0 saturated heterocycles. The SMILES string of the molecule is c1cc2cc(c1)-c1cnn3ccc(nc13)OCCCNCCN2. The number of anilines is 1. The Bertz CT molecular complexity index is 814. The number of hydrogen-bond donors (Lipinski definition) is 2. The van der Waals surface area contributed by atoms with Gasteiger partial charge in [-0.3, -0.25) is 0 Å². The Morgan fingerprint density at radius 2 is 2.13 bits per heavy atom. The molecule has 6 nitrogen and oxygen atoms in total. The maximum atomic E-state index is 5.76. The number of rotatable bonds is 0. The van der Waals surface area contributed by atoms with Gasteiger partial charge >= 0.3 is 0 Å². The standard InChI is InChI=1S/C17H19N5O/c1-3-13-11-14(4-1)19-8-7-18-6-2-10-23-16-5-9-22-17(21-16)15(13)12-20-22/h1,3-5,9,11-12,18-19H,2,6-8,10H2. The van der Waals surface area contributed by atoms with Crippen LogP contribution < -0.4 is 15.4 Å². The molecule has 4 rings (SSSR count). The summed E-state index contributed by atoms with van der Waals surface area (Å²) in [5.41, 5.74) is 4.02. The zero-order valence-electron chi connectivity index (χ0n) is 12.8. The molecule has 2 N–H and O–H groups in total. The topological polar surface area (TPSA) is 63.5 Å². The second kappa shape index (κ2) is 6.26. The summed E-state index contributed by atoms with van der Waals surface area (Å²) >= 11 is 0. The molecular formula is C17H19N5O. The molecule has 6 heteroatoms. The summed E-state index contributed by atoms with van der Waals surface area (Å²) in [6.07, 6.45) is 4.69. The minimum Gasteiger partial charge on any atom is -0.478 e. The summed E-state index contributed by atoms with van der Waals surface area (Å²) in [4.78, 5) is 4.62. The van der Waals surface area contributed by atoms with Gasteiger partial charge < -0.3 is 15.4 Å². The number of fused-ring (bicyclic) bond motifs is 4. The zero-order valence-corrected chi connectivity index (χ0v) is 12.8. The van der Waals surface area contributed by atoms with Crippen molar-refractivity contribution in [2.45, 2.75) is 6.42 Å². The Morgan fingerprint density at radius 3 is 3.13 bits per heavy atom. The van der Waals surface area contributed by atoms with E-state index in [0.29, 0.717) is 12.5 Å². The second-order valence-electron chi connectivity index (χ2n) is 5.55. The number of aromatic nitrogens is 3. The van der Waals surface area contributed by atoms with Crippen molar-refractivity contribution in [1.29, 1.82) is 0 Å². The highest BCUT2D eigenvalue weighted by atomic mass is 16.5. The molecule has 0 spiro atoms. The third kappa shape index (κ3) is 2.98. The van der Waals surface area contributed by atoms with Gasteiger partial charge in [-0.2, -0.15) is 10.1 Å². The molecule has 0 aliphatic carbocycles. The maximum absolute atomic E-state index is 5.76. The fraction of sp³-hybridized carbons (Fsp3) is 0.294. The minimum absolute atomic E-state index is 0.642. The van der Waals surface area contributed by atoms with E-state index in [2.05, 4.69) is 38.9 Å². The second-order valence-corrected chi connectivity index (χ2v) is 5.55. The summed E-state index contributed by atoms with van der Waals surface area (Å²) in [6.45, 7) is 3.40. The Balaban J connectivity index is 1.78. The summed E-state index contributed by atoms with van der Waals surface area (Å²) in [7, 11) is 0. The lowest BCUT2D eigenvalue weighted by atomic mass is 10.1. The van der Waals surface area contributed by atoms with Gasteiger partial charge in [-0.25, -0.2) is 4.52 Å². The van der Waals surface area contributed by atoms with Crippen molar-refractivity contribution < 1.29 is 4.74 Å². The molecule has 1 aromatic carbocycles. The Morgan fingerprint density at radius 1 is 1.13 bits per heavy atom. The van der Waals surface area contributed by atoms with Gasteiger partial charge in [-0.15, -0.1) is 0 Å². The Kier molecular flexibility index (Phi) is 3.81. The number of benzene rings is 1. The first-order valence-corrected chi connectivity index (χ1v) is 7.92. The Hall–Kier alpha value is -2.60. The quantitative estimate of drug-likeness (QED) is 0.666. The monoisotopic (exact) mass is 309 g/mol. The van der Waals surface area contributed by atoms with Crippen LogP contribution in [0.5, 0.6) is 5.88 Å². The van der Waals surface area contributed by atoms with Crippen LogP contribution in [-0.2, 0) is 0 Å². The van der Waals surface area contributed by atoms with E-state index in [-0.39, 0.29) is 0 Å². The summed E-state index contributed by atoms with van der Waals surface area (Å²) in [5, 5.41) is 11.2. The normalized spacial score (nSPS) is 15.5. The molecule has 3 aromatic rings. The van der Waals surface area contributed by atoms with Crippen LogP contribution >= 0.6 is 0 Å². The van der Waals surface area contributed by atoms with E-state index in [1.165, 1.54) is 0 Å². The number of hydrogen-bond acceptors (Lipinski definition) is 5. The first-order chi connectivity index (χ1) is 11.4. The average Bonchev–Trinajstić information content (AvgIpc) is 3.00. The third-order valence-electron chi connectivity index (χ3n) is 3.90. The lowest BCUT2D eigenvalue weighted by Crippen LogP contribution is -2.24. The summed E-state index contributed by atoms with van der Waals surface area (Å²) in [6, 6.07) is 10.2. The maximum Gasteiger partial charge on any atom is 0.216 e. The lowest BCUT2D eigenvalue weighted by molar-refractivity contribution is 0.297. The number of ether oxygens (including phenoxy) is 1. The van der Waals surface area contributed by atoms with E-state index in [1.807, 2.05) is 24.5 Å². The van der Waals surface area contributed by atoms with Crippen molar-refractivity contribution >= 4 is 11.3 Å². The van der Waals surface area contributed by atoms with Crippen molar-refractivity contribution in [1.82, 2.24) is 19.9 Å². The van der Waals surface area contributed by atoms with Crippen LogP contribution in [0.3, 0.4) is 0 Å². The van der Waals surface area contributed by atoms with E-state index >= 15 is 0 Å². The predicted octanol–water partition coefficient (Wildman–Crippen LogP) is 2.18. The fourth-order valence-electron chi connectivity index (χ4n) is 2.73. The Labute approximate surface area is 134 Å². The van der Waals surface area contributed by atoms with Crippen LogP contribution in [0.2, 0.25) is 0 Å². The zero-order chi connectivity index (χ0) is 15.5. The van der Waals surface area contributed by atoms with Crippen LogP contribution in [0.15, 0.2) is 42.7 Å². The largest absolute Gasteiger partial charge is 0.478 e. The van der Waals surface area contributed by atoms with Gasteiger partial charge in [0.1, 0.15) is 0 Å². The minimum atomic E-state index is 0.642. The average molecular weight is 309 g/mol. The third-order valence-corrected chi connectivity index (χ3v) is 3.90. The van der Waals surface area contributed by atoms with Gasteiger partial charge in [-0.05, 0) is 30.7 Å². The molecule has 23 heavy (non-hydrogen) atoms. The molecule has 118 valence electrons. The fourth-order valence-corrected chi connectivity index (χ4v) is 2.73. The highest BCUT2D eigenvalue weighted by Crippen LogP contribution is 2.26. The van der Waals surface area contributed by atoms with Crippen LogP contribution in [0.25, 0.3) is 16.8 Å². The van der Waals surface area contributed by atoms with Gasteiger partial charge in [0.15, 0.2) is 5.65 Å². The molecule has 0 radical (unpaired) electrons. The van der Waals surface area contributed by atoms with E-state index < -0.39 is 0 Å². The molecule has 0 atom stereocenters. The van der Waals surface area contributed by atoms with Crippen molar-refractivity contribution in [2.75, 3.05) is 31.6 Å². The molecule has 0 saturated carbocycles. The summed E-state index contributed by atoms with van der Waals surface area (Å²) in [5.74, 6) is 0.642. The number of nitrogens with zero attached hydrogens (tertiary/aromatic N) is 3. The van der Waals surface area contributed by atoms with Crippen molar-refractivity contribution in [3.63, 3.8) is 0 Å². The van der Waals surface area contributed by atoms with Gasteiger partial charge in [0.2, 0.25) is 5.88 Å². The molecule has 0 unspecified atom stereocenters. The van der Waals surface area contributed by atoms with E-state index in [1.54, 1.807) is 4.52 Å². The van der Waals surface area contributed by atoms with Crippen LogP contribution in [-0.4, -0.2) is 40.8 Å². The summed E-state index contributed by atoms with van der Waals surface area (Å²) < 4.78 is 7.54. The van der Waals surface area contributed by atoms with Crippen LogP contribution in [0, 0.1) is 0 Å². The van der Waals surface area contributed by atoms with Gasteiger partial charge in [0.05, 0.1) is 12.8 Å². The molecule has 4 bridgehead atoms. The molecule has 2 aromatic heterocycles. The lowest BCUT2D eigenvalue weighted by Gasteiger charge is -2.08. The molecule has 0 amide bonds. The molecular weight excluding hydrogens is 290 g/mol. The van der Waals surface area contributed by atoms with Gasteiger partial charge in [-0.1, -0.05) is 12.1 Å². The highest BCUT2D eigenvalue weighted by Gasteiger charge is 2.10. The van der Waals surface area contributed by atoms with E-state index in [9.17, 15) is 0 Å². The smallest absolute Gasteiger partial charge is 0.216 e. The van der Waals surface area contributed by atoms with Crippen molar-refractivity contribution in [2.24, 2.45) is 0 Å². The van der Waals surface area contributed by atoms with Crippen LogP contribution in [0.4, 0.5) is 5.69 Å². The first kappa shape index (κ1) is 14.0.